The van der Waals surface area contributed by atoms with Gasteiger partial charge < -0.3 is 20.1 Å². The summed E-state index contributed by atoms with van der Waals surface area (Å²) in [7, 11) is 3.25. The summed E-state index contributed by atoms with van der Waals surface area (Å²) < 4.78 is 10.7. The predicted octanol–water partition coefficient (Wildman–Crippen LogP) is 1.64. The highest BCUT2D eigenvalue weighted by Gasteiger charge is 2.40. The van der Waals surface area contributed by atoms with Gasteiger partial charge in [0.2, 0.25) is 0 Å². The van der Waals surface area contributed by atoms with Crippen molar-refractivity contribution >= 4 is 5.91 Å². The summed E-state index contributed by atoms with van der Waals surface area (Å²) >= 11 is 0. The minimum absolute atomic E-state index is 0.0326. The van der Waals surface area contributed by atoms with Crippen molar-refractivity contribution in [2.24, 2.45) is 0 Å². The molecule has 2 N–H and O–H groups in total. The van der Waals surface area contributed by atoms with Crippen molar-refractivity contribution < 1.29 is 14.3 Å². The number of rotatable bonds is 5. The molecule has 1 fully saturated rings. The van der Waals surface area contributed by atoms with Gasteiger partial charge in [-0.05, 0) is 50.6 Å². The Labute approximate surface area is 126 Å². The van der Waals surface area contributed by atoms with E-state index in [0.29, 0.717) is 12.8 Å². The molecular formula is C16H24N2O3. The summed E-state index contributed by atoms with van der Waals surface area (Å²) in [6.45, 7) is 3.58. The highest BCUT2D eigenvalue weighted by Crippen LogP contribution is 2.24. The minimum atomic E-state index is -0.702. The van der Waals surface area contributed by atoms with Crippen LogP contribution in [0.2, 0.25) is 0 Å². The molecule has 1 aliphatic rings. The van der Waals surface area contributed by atoms with E-state index in [1.165, 1.54) is 0 Å². The molecule has 1 amide bonds. The minimum Gasteiger partial charge on any atom is -0.497 e. The lowest BCUT2D eigenvalue weighted by atomic mass is 9.90. The average Bonchev–Trinajstić information content (AvgIpc) is 2.55. The van der Waals surface area contributed by atoms with Gasteiger partial charge in [0.1, 0.15) is 11.4 Å². The highest BCUT2D eigenvalue weighted by atomic mass is 16.5. The number of benzene rings is 1. The SMILES string of the molecule is COc1ccc(C(C)NC(=O)C2(OC)CCNCC2)cc1. The Bertz CT molecular complexity index is 467. The van der Waals surface area contributed by atoms with Crippen LogP contribution in [0.1, 0.15) is 31.4 Å². The van der Waals surface area contributed by atoms with Crippen LogP contribution in [0.15, 0.2) is 24.3 Å². The number of piperidine rings is 1. The molecule has 1 saturated heterocycles. The molecule has 1 atom stereocenters. The van der Waals surface area contributed by atoms with Crippen molar-refractivity contribution in [1.29, 1.82) is 0 Å². The normalized spacial score (nSPS) is 18.8. The number of ether oxygens (including phenoxy) is 2. The molecule has 0 bridgehead atoms. The summed E-state index contributed by atoms with van der Waals surface area (Å²) in [6.07, 6.45) is 1.40. The monoisotopic (exact) mass is 292 g/mol. The van der Waals surface area contributed by atoms with Crippen LogP contribution in [0.25, 0.3) is 0 Å². The lowest BCUT2D eigenvalue weighted by Gasteiger charge is -2.35. The van der Waals surface area contributed by atoms with E-state index in [2.05, 4.69) is 10.6 Å². The average molecular weight is 292 g/mol. The molecule has 0 radical (unpaired) electrons. The summed E-state index contributed by atoms with van der Waals surface area (Å²) in [5.41, 5.74) is 0.343. The summed E-state index contributed by atoms with van der Waals surface area (Å²) in [5, 5.41) is 6.32. The Morgan fingerprint density at radius 3 is 2.38 bits per heavy atom. The van der Waals surface area contributed by atoms with Crippen LogP contribution in [0, 0.1) is 0 Å². The second kappa shape index (κ2) is 6.91. The maximum atomic E-state index is 12.6. The number of carbonyl (C=O) groups is 1. The summed E-state index contributed by atoms with van der Waals surface area (Å²) in [5.74, 6) is 0.777. The molecule has 116 valence electrons. The van der Waals surface area contributed by atoms with Crippen LogP contribution in [-0.4, -0.2) is 38.8 Å². The molecule has 1 aromatic carbocycles. The van der Waals surface area contributed by atoms with Gasteiger partial charge in [0.05, 0.1) is 13.2 Å². The molecule has 0 saturated carbocycles. The molecule has 21 heavy (non-hydrogen) atoms. The smallest absolute Gasteiger partial charge is 0.252 e. The number of nitrogens with one attached hydrogen (secondary N) is 2. The zero-order valence-corrected chi connectivity index (χ0v) is 12.9. The topological polar surface area (TPSA) is 59.6 Å². The van der Waals surface area contributed by atoms with E-state index >= 15 is 0 Å². The zero-order valence-electron chi connectivity index (χ0n) is 12.9. The van der Waals surface area contributed by atoms with E-state index < -0.39 is 5.60 Å². The Balaban J connectivity index is 2.03. The molecule has 1 heterocycles. The van der Waals surface area contributed by atoms with Gasteiger partial charge in [0, 0.05) is 7.11 Å². The Morgan fingerprint density at radius 1 is 1.24 bits per heavy atom. The van der Waals surface area contributed by atoms with Crippen LogP contribution >= 0.6 is 0 Å². The maximum Gasteiger partial charge on any atom is 0.252 e. The quantitative estimate of drug-likeness (QED) is 0.866. The van der Waals surface area contributed by atoms with Gasteiger partial charge in [-0.2, -0.15) is 0 Å². The van der Waals surface area contributed by atoms with Crippen molar-refractivity contribution in [3.8, 4) is 5.75 Å². The lowest BCUT2D eigenvalue weighted by Crippen LogP contribution is -2.54. The molecule has 2 rings (SSSR count). The van der Waals surface area contributed by atoms with E-state index in [1.54, 1.807) is 14.2 Å². The fourth-order valence-corrected chi connectivity index (χ4v) is 2.66. The van der Waals surface area contributed by atoms with Gasteiger partial charge in [-0.15, -0.1) is 0 Å². The van der Waals surface area contributed by atoms with Crippen LogP contribution < -0.4 is 15.4 Å². The van der Waals surface area contributed by atoms with Gasteiger partial charge in [-0.25, -0.2) is 0 Å². The standard InChI is InChI=1S/C16H24N2O3/c1-12(13-4-6-14(20-2)7-5-13)18-15(19)16(21-3)8-10-17-11-9-16/h4-7,12,17H,8-11H2,1-3H3,(H,18,19). The van der Waals surface area contributed by atoms with E-state index in [-0.39, 0.29) is 11.9 Å². The molecule has 1 aliphatic heterocycles. The van der Waals surface area contributed by atoms with Crippen molar-refractivity contribution in [2.45, 2.75) is 31.4 Å². The first-order valence-electron chi connectivity index (χ1n) is 7.32. The molecule has 5 nitrogen and oxygen atoms in total. The Hall–Kier alpha value is -1.59. The molecule has 0 aromatic heterocycles. The van der Waals surface area contributed by atoms with Crippen LogP contribution in [-0.2, 0) is 9.53 Å². The first-order chi connectivity index (χ1) is 10.1. The predicted molar refractivity (Wildman–Crippen MR) is 81.4 cm³/mol. The van der Waals surface area contributed by atoms with Gasteiger partial charge in [-0.3, -0.25) is 4.79 Å². The third kappa shape index (κ3) is 3.54. The van der Waals surface area contributed by atoms with Gasteiger partial charge >= 0.3 is 0 Å². The van der Waals surface area contributed by atoms with Gasteiger partial charge in [0.25, 0.3) is 5.91 Å². The Kier molecular flexibility index (Phi) is 5.20. The second-order valence-electron chi connectivity index (χ2n) is 5.42. The lowest BCUT2D eigenvalue weighted by molar-refractivity contribution is -0.147. The van der Waals surface area contributed by atoms with Gasteiger partial charge in [-0.1, -0.05) is 12.1 Å². The third-order valence-electron chi connectivity index (χ3n) is 4.18. The fourth-order valence-electron chi connectivity index (χ4n) is 2.66. The molecule has 1 unspecified atom stereocenters. The molecule has 5 heteroatoms. The van der Waals surface area contributed by atoms with E-state index in [4.69, 9.17) is 9.47 Å². The van der Waals surface area contributed by atoms with Crippen molar-refractivity contribution in [3.05, 3.63) is 29.8 Å². The van der Waals surface area contributed by atoms with Crippen LogP contribution in [0.3, 0.4) is 0 Å². The van der Waals surface area contributed by atoms with Crippen LogP contribution in [0.4, 0.5) is 0 Å². The van der Waals surface area contributed by atoms with E-state index in [9.17, 15) is 4.79 Å². The number of amides is 1. The van der Waals surface area contributed by atoms with Crippen molar-refractivity contribution in [3.63, 3.8) is 0 Å². The zero-order chi connectivity index (χ0) is 15.3. The molecule has 0 aliphatic carbocycles. The fraction of sp³-hybridized carbons (Fsp3) is 0.562. The largest absolute Gasteiger partial charge is 0.497 e. The van der Waals surface area contributed by atoms with Crippen molar-refractivity contribution in [2.75, 3.05) is 27.3 Å². The maximum absolute atomic E-state index is 12.6. The number of hydrogen-bond acceptors (Lipinski definition) is 4. The Morgan fingerprint density at radius 2 is 1.86 bits per heavy atom. The van der Waals surface area contributed by atoms with Crippen LogP contribution in [0.5, 0.6) is 5.75 Å². The number of methoxy groups -OCH3 is 2. The summed E-state index contributed by atoms with van der Waals surface area (Å²) in [6, 6.07) is 7.66. The molecule has 0 spiro atoms. The number of carbonyl (C=O) groups excluding carboxylic acids is 1. The highest BCUT2D eigenvalue weighted by molar-refractivity contribution is 5.85. The summed E-state index contributed by atoms with van der Waals surface area (Å²) in [4.78, 5) is 12.6. The van der Waals surface area contributed by atoms with E-state index in [0.717, 1.165) is 24.4 Å². The van der Waals surface area contributed by atoms with Crippen molar-refractivity contribution in [1.82, 2.24) is 10.6 Å². The second-order valence-corrected chi connectivity index (χ2v) is 5.42. The van der Waals surface area contributed by atoms with Gasteiger partial charge in [0.15, 0.2) is 0 Å². The van der Waals surface area contributed by atoms with E-state index in [1.807, 2.05) is 31.2 Å². The first kappa shape index (κ1) is 15.8. The first-order valence-corrected chi connectivity index (χ1v) is 7.32. The molecule has 1 aromatic rings. The number of hydrogen-bond donors (Lipinski definition) is 2. The molecular weight excluding hydrogens is 268 g/mol. The third-order valence-corrected chi connectivity index (χ3v) is 4.18.